The van der Waals surface area contributed by atoms with Crippen LogP contribution in [-0.2, 0) is 0 Å². The van der Waals surface area contributed by atoms with E-state index in [2.05, 4.69) is 10.5 Å². The lowest BCUT2D eigenvalue weighted by atomic mass is 9.94. The predicted molar refractivity (Wildman–Crippen MR) is 137 cm³/mol. The number of rotatable bonds is 6. The number of nitrogens with one attached hydrogen (secondary N) is 1. The average Bonchev–Trinajstić information content (AvgIpc) is 3.38. The molecule has 1 aliphatic heterocycles. The molecule has 0 saturated carbocycles. The lowest BCUT2D eigenvalue weighted by Crippen LogP contribution is -2.46. The molecule has 0 spiro atoms. The van der Waals surface area contributed by atoms with Crippen LogP contribution in [0.4, 0.5) is 10.5 Å². The maximum absolute atomic E-state index is 13.4. The molecule has 1 unspecified atom stereocenters. The molecule has 0 fully saturated rings. The molecule has 8 heteroatoms. The Bertz CT molecular complexity index is 1420. The molecule has 5 rings (SSSR count). The van der Waals surface area contributed by atoms with Crippen molar-refractivity contribution in [2.24, 2.45) is 0 Å². The number of nitrogens with zero attached hydrogens (tertiary/aromatic N) is 3. The Hall–Kier alpha value is -4.59. The normalized spacial score (nSPS) is 15.6. The van der Waals surface area contributed by atoms with Crippen molar-refractivity contribution in [3.63, 3.8) is 0 Å². The van der Waals surface area contributed by atoms with Crippen molar-refractivity contribution in [3.8, 4) is 22.9 Å². The number of allylic oxidation sites excluding steroid dienone is 1. The van der Waals surface area contributed by atoms with Gasteiger partial charge in [-0.2, -0.15) is 4.98 Å². The number of carbonyl (C=O) groups excluding carboxylic acids is 1. The van der Waals surface area contributed by atoms with Crippen molar-refractivity contribution < 1.29 is 18.8 Å². The molecule has 4 aromatic rings. The van der Waals surface area contributed by atoms with E-state index in [1.165, 1.54) is 0 Å². The first-order chi connectivity index (χ1) is 17.5. The van der Waals surface area contributed by atoms with Crippen LogP contribution in [0.2, 0.25) is 0 Å². The second kappa shape index (κ2) is 9.58. The SMILES string of the molecule is COc1ccc(-c2noc(C3=C(C)N(c4cccc(C)c4)C(=O)NC3c3ccc(OC)cc3)n2)cc1. The number of carbonyl (C=O) groups is 1. The molecule has 0 saturated heterocycles. The quantitative estimate of drug-likeness (QED) is 0.376. The van der Waals surface area contributed by atoms with Crippen molar-refractivity contribution in [3.05, 3.63) is 95.5 Å². The number of hydrogen-bond donors (Lipinski definition) is 1. The molecule has 36 heavy (non-hydrogen) atoms. The van der Waals surface area contributed by atoms with Crippen LogP contribution in [-0.4, -0.2) is 30.4 Å². The third-order valence-corrected chi connectivity index (χ3v) is 6.20. The first-order valence-corrected chi connectivity index (χ1v) is 11.5. The number of methoxy groups -OCH3 is 2. The van der Waals surface area contributed by atoms with Crippen LogP contribution < -0.4 is 19.7 Å². The van der Waals surface area contributed by atoms with Crippen LogP contribution in [0.15, 0.2) is 83.0 Å². The molecule has 1 aromatic heterocycles. The van der Waals surface area contributed by atoms with E-state index in [4.69, 9.17) is 19.0 Å². The minimum Gasteiger partial charge on any atom is -0.497 e. The molecule has 2 heterocycles. The van der Waals surface area contributed by atoms with Crippen LogP contribution in [0.5, 0.6) is 11.5 Å². The van der Waals surface area contributed by atoms with Crippen LogP contribution in [0.1, 0.15) is 30.0 Å². The van der Waals surface area contributed by atoms with Gasteiger partial charge in [0, 0.05) is 11.3 Å². The van der Waals surface area contributed by atoms with Gasteiger partial charge in [0.15, 0.2) is 0 Å². The van der Waals surface area contributed by atoms with Gasteiger partial charge in [-0.3, -0.25) is 4.90 Å². The average molecular weight is 483 g/mol. The summed E-state index contributed by atoms with van der Waals surface area (Å²) in [5, 5.41) is 7.35. The van der Waals surface area contributed by atoms with Gasteiger partial charge in [-0.15, -0.1) is 0 Å². The van der Waals surface area contributed by atoms with Gasteiger partial charge in [-0.1, -0.05) is 29.4 Å². The molecule has 8 nitrogen and oxygen atoms in total. The first kappa shape index (κ1) is 23.2. The van der Waals surface area contributed by atoms with Crippen molar-refractivity contribution in [2.45, 2.75) is 19.9 Å². The topological polar surface area (TPSA) is 89.7 Å². The zero-order valence-electron chi connectivity index (χ0n) is 20.5. The number of benzene rings is 3. The molecule has 3 aromatic carbocycles. The van der Waals surface area contributed by atoms with Gasteiger partial charge in [0.05, 0.1) is 31.5 Å². The standard InChI is InChI=1S/C28H26N4O4/c1-17-6-5-7-21(16-17)32-18(2)24(25(29-28(32)33)19-8-12-22(34-3)13-9-19)27-30-26(31-36-27)20-10-14-23(35-4)15-11-20/h5-16,25H,1-4H3,(H,29,33). The summed E-state index contributed by atoms with van der Waals surface area (Å²) in [5.41, 5.74) is 4.88. The Morgan fingerprint density at radius 2 is 1.58 bits per heavy atom. The van der Waals surface area contributed by atoms with Gasteiger partial charge in [-0.25, -0.2) is 4.79 Å². The van der Waals surface area contributed by atoms with Gasteiger partial charge in [0.2, 0.25) is 5.82 Å². The summed E-state index contributed by atoms with van der Waals surface area (Å²) in [7, 11) is 3.24. The molecule has 2 amide bonds. The molecule has 0 radical (unpaired) electrons. The second-order valence-electron chi connectivity index (χ2n) is 8.48. The summed E-state index contributed by atoms with van der Waals surface area (Å²) < 4.78 is 16.3. The monoisotopic (exact) mass is 482 g/mol. The molecular weight excluding hydrogens is 456 g/mol. The van der Waals surface area contributed by atoms with Gasteiger partial charge >= 0.3 is 6.03 Å². The molecule has 182 valence electrons. The molecule has 1 aliphatic rings. The zero-order valence-corrected chi connectivity index (χ0v) is 20.5. The molecular formula is C28H26N4O4. The largest absolute Gasteiger partial charge is 0.497 e. The number of urea groups is 1. The Morgan fingerprint density at radius 3 is 2.22 bits per heavy atom. The summed E-state index contributed by atoms with van der Waals surface area (Å²) in [6.45, 7) is 3.88. The fourth-order valence-electron chi connectivity index (χ4n) is 4.33. The van der Waals surface area contributed by atoms with Crippen LogP contribution in [0.25, 0.3) is 17.0 Å². The number of ether oxygens (including phenoxy) is 2. The molecule has 0 bridgehead atoms. The number of anilines is 1. The Kier molecular flexibility index (Phi) is 6.16. The van der Waals surface area contributed by atoms with Gasteiger partial charge in [-0.05, 0) is 73.5 Å². The van der Waals surface area contributed by atoms with Crippen molar-refractivity contribution in [2.75, 3.05) is 19.1 Å². The molecule has 0 aliphatic carbocycles. The Balaban J connectivity index is 1.62. The van der Waals surface area contributed by atoms with E-state index >= 15 is 0 Å². The van der Waals surface area contributed by atoms with Crippen LogP contribution in [0, 0.1) is 6.92 Å². The zero-order chi connectivity index (χ0) is 25.2. The van der Waals surface area contributed by atoms with E-state index in [9.17, 15) is 4.79 Å². The van der Waals surface area contributed by atoms with Crippen molar-refractivity contribution in [1.82, 2.24) is 15.5 Å². The van der Waals surface area contributed by atoms with E-state index < -0.39 is 6.04 Å². The van der Waals surface area contributed by atoms with Crippen molar-refractivity contribution >= 4 is 17.3 Å². The molecule has 1 N–H and O–H groups in total. The van der Waals surface area contributed by atoms with Gasteiger partial charge in [0.25, 0.3) is 5.89 Å². The first-order valence-electron chi connectivity index (χ1n) is 11.5. The summed E-state index contributed by atoms with van der Waals surface area (Å²) in [6, 6.07) is 22.0. The minimum absolute atomic E-state index is 0.238. The maximum Gasteiger partial charge on any atom is 0.326 e. The van der Waals surface area contributed by atoms with E-state index in [1.54, 1.807) is 19.1 Å². The Morgan fingerprint density at radius 1 is 0.917 bits per heavy atom. The van der Waals surface area contributed by atoms with E-state index in [1.807, 2.05) is 86.6 Å². The third kappa shape index (κ3) is 4.29. The fraction of sp³-hybridized carbons (Fsp3) is 0.179. The highest BCUT2D eigenvalue weighted by Crippen LogP contribution is 2.39. The summed E-state index contributed by atoms with van der Waals surface area (Å²) in [5.74, 6) is 2.24. The number of hydrogen-bond acceptors (Lipinski definition) is 6. The number of amides is 2. The lowest BCUT2D eigenvalue weighted by Gasteiger charge is -2.35. The summed E-state index contributed by atoms with van der Waals surface area (Å²) in [4.78, 5) is 19.7. The van der Waals surface area contributed by atoms with Crippen LogP contribution >= 0.6 is 0 Å². The van der Waals surface area contributed by atoms with Crippen molar-refractivity contribution in [1.29, 1.82) is 0 Å². The lowest BCUT2D eigenvalue weighted by molar-refractivity contribution is 0.244. The van der Waals surface area contributed by atoms with Gasteiger partial charge < -0.3 is 19.3 Å². The maximum atomic E-state index is 13.4. The highest BCUT2D eigenvalue weighted by atomic mass is 16.5. The van der Waals surface area contributed by atoms with E-state index in [-0.39, 0.29) is 6.03 Å². The smallest absolute Gasteiger partial charge is 0.326 e. The molecule has 1 atom stereocenters. The number of aryl methyl sites for hydroxylation is 1. The summed E-state index contributed by atoms with van der Waals surface area (Å²) in [6.07, 6.45) is 0. The summed E-state index contributed by atoms with van der Waals surface area (Å²) >= 11 is 0. The second-order valence-corrected chi connectivity index (χ2v) is 8.48. The van der Waals surface area contributed by atoms with E-state index in [0.29, 0.717) is 23.0 Å². The highest BCUT2D eigenvalue weighted by molar-refractivity contribution is 6.01. The Labute approximate surface area is 209 Å². The predicted octanol–water partition coefficient (Wildman–Crippen LogP) is 5.76. The third-order valence-electron chi connectivity index (χ3n) is 6.20. The highest BCUT2D eigenvalue weighted by Gasteiger charge is 2.36. The van der Waals surface area contributed by atoms with Crippen LogP contribution in [0.3, 0.4) is 0 Å². The fourth-order valence-corrected chi connectivity index (χ4v) is 4.33. The minimum atomic E-state index is -0.492. The van der Waals surface area contributed by atoms with E-state index in [0.717, 1.165) is 33.9 Å². The van der Waals surface area contributed by atoms with Gasteiger partial charge in [0.1, 0.15) is 11.5 Å². The number of aromatic nitrogens is 2.